The molecular weight excluding hydrogens is 334 g/mol. The number of rotatable bonds is 6. The minimum atomic E-state index is -0.675. The number of aromatic nitrogens is 2. The second kappa shape index (κ2) is 7.47. The molecule has 3 amide bonds. The number of nitrogens with zero attached hydrogens (tertiary/aromatic N) is 2. The summed E-state index contributed by atoms with van der Waals surface area (Å²) in [5.74, 6) is -0.491. The Morgan fingerprint density at radius 1 is 1.31 bits per heavy atom. The van der Waals surface area contributed by atoms with Crippen LogP contribution in [0.3, 0.4) is 0 Å². The third-order valence-electron chi connectivity index (χ3n) is 5.87. The summed E-state index contributed by atoms with van der Waals surface area (Å²) in [4.78, 5) is 36.8. The smallest absolute Gasteiger partial charge is 0.241 e. The van der Waals surface area contributed by atoms with Gasteiger partial charge in [-0.05, 0) is 25.2 Å². The van der Waals surface area contributed by atoms with Crippen molar-refractivity contribution < 1.29 is 14.4 Å². The fraction of sp³-hybridized carbons (Fsp3) is 0.667. The summed E-state index contributed by atoms with van der Waals surface area (Å²) in [6.45, 7) is 8.44. The number of carbonyl (C=O) groups is 3. The molecule has 8 heteroatoms. The van der Waals surface area contributed by atoms with Gasteiger partial charge in [0.25, 0.3) is 0 Å². The van der Waals surface area contributed by atoms with Gasteiger partial charge in [0.1, 0.15) is 6.54 Å². The molecule has 1 saturated carbocycles. The normalized spacial score (nSPS) is 24.1. The lowest BCUT2D eigenvalue weighted by atomic mass is 9.65. The lowest BCUT2D eigenvalue weighted by molar-refractivity contribution is -0.135. The molecule has 0 bridgehead atoms. The number of amides is 3. The van der Waals surface area contributed by atoms with Crippen molar-refractivity contribution in [3.05, 3.63) is 12.4 Å². The Kier molecular flexibility index (Phi) is 5.73. The Bertz CT molecular complexity index is 697. The van der Waals surface area contributed by atoms with E-state index in [2.05, 4.69) is 21.0 Å². The molecule has 8 nitrogen and oxygen atoms in total. The van der Waals surface area contributed by atoms with Crippen LogP contribution in [0.4, 0.5) is 5.69 Å². The first-order chi connectivity index (χ1) is 12.2. The molecule has 0 saturated heterocycles. The molecule has 1 fully saturated rings. The SMILES string of the molecule is CCNC(=O)[C@H]1CC[C@@](C)(C(=O)Nc2cnn(CC(=O)NC)c2)C1(C)C. The molecule has 0 unspecified atom stereocenters. The topological polar surface area (TPSA) is 105 Å². The van der Waals surface area contributed by atoms with Crippen LogP contribution in [0, 0.1) is 16.7 Å². The Hall–Kier alpha value is -2.38. The zero-order valence-corrected chi connectivity index (χ0v) is 16.2. The van der Waals surface area contributed by atoms with Gasteiger partial charge in [0.05, 0.1) is 17.3 Å². The van der Waals surface area contributed by atoms with Crippen LogP contribution >= 0.6 is 0 Å². The zero-order chi connectivity index (χ0) is 19.5. The first kappa shape index (κ1) is 19.9. The van der Waals surface area contributed by atoms with Gasteiger partial charge in [-0.1, -0.05) is 20.8 Å². The first-order valence-corrected chi connectivity index (χ1v) is 8.98. The van der Waals surface area contributed by atoms with E-state index in [9.17, 15) is 14.4 Å². The average molecular weight is 363 g/mol. The predicted octanol–water partition coefficient (Wildman–Crippen LogP) is 1.15. The van der Waals surface area contributed by atoms with E-state index in [0.29, 0.717) is 25.1 Å². The maximum Gasteiger partial charge on any atom is 0.241 e. The summed E-state index contributed by atoms with van der Waals surface area (Å²) >= 11 is 0. The average Bonchev–Trinajstić information content (AvgIpc) is 3.10. The van der Waals surface area contributed by atoms with Crippen molar-refractivity contribution in [2.75, 3.05) is 18.9 Å². The van der Waals surface area contributed by atoms with Gasteiger partial charge < -0.3 is 16.0 Å². The molecule has 2 atom stereocenters. The largest absolute Gasteiger partial charge is 0.358 e. The molecule has 1 aromatic rings. The third kappa shape index (κ3) is 3.59. The first-order valence-electron chi connectivity index (χ1n) is 8.98. The molecule has 0 spiro atoms. The molecule has 144 valence electrons. The third-order valence-corrected chi connectivity index (χ3v) is 5.87. The van der Waals surface area contributed by atoms with Gasteiger partial charge in [-0.2, -0.15) is 5.10 Å². The molecule has 1 aromatic heterocycles. The van der Waals surface area contributed by atoms with E-state index in [1.54, 1.807) is 13.2 Å². The van der Waals surface area contributed by atoms with Gasteiger partial charge >= 0.3 is 0 Å². The molecule has 3 N–H and O–H groups in total. The number of carbonyl (C=O) groups excluding carboxylic acids is 3. The number of likely N-dealkylation sites (N-methyl/N-ethyl adjacent to an activating group) is 1. The van der Waals surface area contributed by atoms with Crippen LogP contribution in [-0.4, -0.2) is 41.1 Å². The standard InChI is InChI=1S/C18H29N5O3/c1-6-20-15(25)13-7-8-18(4,17(13,2)3)16(26)22-12-9-21-23(10-12)11-14(24)19-5/h9-10,13H,6-8,11H2,1-5H3,(H,19,24)(H,20,25)(H,22,26)/t13-,18+/m1/s1. The summed E-state index contributed by atoms with van der Waals surface area (Å²) in [6, 6.07) is 0. The van der Waals surface area contributed by atoms with Crippen molar-refractivity contribution in [1.82, 2.24) is 20.4 Å². The molecule has 26 heavy (non-hydrogen) atoms. The van der Waals surface area contributed by atoms with E-state index in [1.165, 1.54) is 10.9 Å². The van der Waals surface area contributed by atoms with Crippen LogP contribution < -0.4 is 16.0 Å². The molecule has 0 aliphatic heterocycles. The molecule has 1 aliphatic rings. The monoisotopic (exact) mass is 363 g/mol. The van der Waals surface area contributed by atoms with Crippen molar-refractivity contribution in [1.29, 1.82) is 0 Å². The summed E-state index contributed by atoms with van der Waals surface area (Å²) in [7, 11) is 1.56. The van der Waals surface area contributed by atoms with Crippen molar-refractivity contribution in [2.24, 2.45) is 16.7 Å². The Morgan fingerprint density at radius 3 is 2.62 bits per heavy atom. The zero-order valence-electron chi connectivity index (χ0n) is 16.2. The highest BCUT2D eigenvalue weighted by Gasteiger charge is 2.57. The van der Waals surface area contributed by atoms with E-state index < -0.39 is 10.8 Å². The van der Waals surface area contributed by atoms with Crippen LogP contribution in [0.5, 0.6) is 0 Å². The second-order valence-electron chi connectivity index (χ2n) is 7.59. The number of hydrogen-bond donors (Lipinski definition) is 3. The van der Waals surface area contributed by atoms with Crippen molar-refractivity contribution in [3.8, 4) is 0 Å². The van der Waals surface area contributed by atoms with Gasteiger partial charge in [-0.15, -0.1) is 0 Å². The molecule has 1 aliphatic carbocycles. The van der Waals surface area contributed by atoms with Gasteiger partial charge in [0, 0.05) is 25.7 Å². The van der Waals surface area contributed by atoms with Gasteiger partial charge in [-0.25, -0.2) is 0 Å². The summed E-state index contributed by atoms with van der Waals surface area (Å²) in [5, 5.41) is 12.4. The molecule has 0 aromatic carbocycles. The number of nitrogens with one attached hydrogen (secondary N) is 3. The highest BCUT2D eigenvalue weighted by Crippen LogP contribution is 2.56. The van der Waals surface area contributed by atoms with Crippen molar-refractivity contribution in [3.63, 3.8) is 0 Å². The highest BCUT2D eigenvalue weighted by molar-refractivity contribution is 5.96. The van der Waals surface area contributed by atoms with E-state index in [0.717, 1.165) is 0 Å². The van der Waals surface area contributed by atoms with E-state index >= 15 is 0 Å². The predicted molar refractivity (Wildman–Crippen MR) is 98.2 cm³/mol. The quantitative estimate of drug-likeness (QED) is 0.705. The van der Waals surface area contributed by atoms with Crippen LogP contribution in [0.2, 0.25) is 0 Å². The Labute approximate surface area is 154 Å². The lowest BCUT2D eigenvalue weighted by Crippen LogP contribution is -2.47. The highest BCUT2D eigenvalue weighted by atomic mass is 16.2. The van der Waals surface area contributed by atoms with Crippen LogP contribution in [0.1, 0.15) is 40.5 Å². The summed E-state index contributed by atoms with van der Waals surface area (Å²) in [5.41, 5.74) is -0.613. The molecular formula is C18H29N5O3. The maximum absolute atomic E-state index is 13.0. The Balaban J connectivity index is 2.11. The summed E-state index contributed by atoms with van der Waals surface area (Å²) in [6.07, 6.45) is 4.46. The number of hydrogen-bond acceptors (Lipinski definition) is 4. The van der Waals surface area contributed by atoms with Crippen molar-refractivity contribution >= 4 is 23.4 Å². The van der Waals surface area contributed by atoms with Gasteiger partial charge in [0.15, 0.2) is 0 Å². The van der Waals surface area contributed by atoms with E-state index in [1.807, 2.05) is 27.7 Å². The van der Waals surface area contributed by atoms with Crippen molar-refractivity contribution in [2.45, 2.75) is 47.1 Å². The Morgan fingerprint density at radius 2 is 2.00 bits per heavy atom. The lowest BCUT2D eigenvalue weighted by Gasteiger charge is -2.39. The number of anilines is 1. The van der Waals surface area contributed by atoms with Gasteiger partial charge in [0.2, 0.25) is 17.7 Å². The van der Waals surface area contributed by atoms with Gasteiger partial charge in [-0.3, -0.25) is 19.1 Å². The van der Waals surface area contributed by atoms with Crippen LogP contribution in [0.15, 0.2) is 12.4 Å². The molecule has 0 radical (unpaired) electrons. The van der Waals surface area contributed by atoms with E-state index in [-0.39, 0.29) is 30.2 Å². The second-order valence-corrected chi connectivity index (χ2v) is 7.59. The summed E-state index contributed by atoms with van der Waals surface area (Å²) < 4.78 is 1.47. The minimum absolute atomic E-state index is 0.00687. The maximum atomic E-state index is 13.0. The fourth-order valence-electron chi connectivity index (χ4n) is 3.67. The molecule has 2 rings (SSSR count). The van der Waals surface area contributed by atoms with Crippen LogP contribution in [-0.2, 0) is 20.9 Å². The molecule has 1 heterocycles. The minimum Gasteiger partial charge on any atom is -0.358 e. The van der Waals surface area contributed by atoms with E-state index in [4.69, 9.17) is 0 Å². The van der Waals surface area contributed by atoms with Crippen LogP contribution in [0.25, 0.3) is 0 Å². The fourth-order valence-corrected chi connectivity index (χ4v) is 3.67.